The SMILES string of the molecule is C[C@H](NC(=O)OC(C)(C)C)C(=O)N[C@@H]1C=C[C@H](n2cnc3ncnc(N)c32)C1. The molecule has 0 aliphatic heterocycles. The first-order valence-corrected chi connectivity index (χ1v) is 9.05. The highest BCUT2D eigenvalue weighted by Gasteiger charge is 2.27. The highest BCUT2D eigenvalue weighted by molar-refractivity contribution is 5.85. The van der Waals surface area contributed by atoms with Gasteiger partial charge in [-0.25, -0.2) is 19.7 Å². The van der Waals surface area contributed by atoms with Gasteiger partial charge in [0.05, 0.1) is 12.4 Å². The zero-order valence-electron chi connectivity index (χ0n) is 16.3. The number of ether oxygens (including phenoxy) is 1. The van der Waals surface area contributed by atoms with Gasteiger partial charge in [0, 0.05) is 6.04 Å². The molecule has 1 aliphatic carbocycles. The molecule has 2 amide bonds. The van der Waals surface area contributed by atoms with Crippen LogP contribution in [-0.2, 0) is 9.53 Å². The van der Waals surface area contributed by atoms with Crippen LogP contribution in [-0.4, -0.2) is 49.2 Å². The van der Waals surface area contributed by atoms with Gasteiger partial charge in [0.1, 0.15) is 23.5 Å². The summed E-state index contributed by atoms with van der Waals surface area (Å²) in [4.78, 5) is 36.6. The number of carbonyl (C=O) groups is 2. The molecule has 10 heteroatoms. The molecule has 2 aromatic heterocycles. The van der Waals surface area contributed by atoms with E-state index in [9.17, 15) is 9.59 Å². The molecule has 10 nitrogen and oxygen atoms in total. The summed E-state index contributed by atoms with van der Waals surface area (Å²) >= 11 is 0. The summed E-state index contributed by atoms with van der Waals surface area (Å²) in [5.74, 6) is 0.0677. The molecule has 0 spiro atoms. The maximum atomic E-state index is 12.4. The third kappa shape index (κ3) is 4.38. The number of aromatic nitrogens is 4. The van der Waals surface area contributed by atoms with Gasteiger partial charge in [-0.05, 0) is 34.1 Å². The molecule has 0 saturated carbocycles. The van der Waals surface area contributed by atoms with Gasteiger partial charge in [-0.1, -0.05) is 12.2 Å². The number of fused-ring (bicyclic) bond motifs is 1. The zero-order valence-corrected chi connectivity index (χ0v) is 16.3. The third-order valence-corrected chi connectivity index (χ3v) is 4.27. The number of nitrogens with zero attached hydrogens (tertiary/aromatic N) is 4. The minimum Gasteiger partial charge on any atom is -0.444 e. The molecule has 4 N–H and O–H groups in total. The van der Waals surface area contributed by atoms with E-state index in [4.69, 9.17) is 10.5 Å². The lowest BCUT2D eigenvalue weighted by Crippen LogP contribution is -2.48. The van der Waals surface area contributed by atoms with Gasteiger partial charge in [0.2, 0.25) is 5.91 Å². The van der Waals surface area contributed by atoms with E-state index in [1.54, 1.807) is 34.0 Å². The van der Waals surface area contributed by atoms with Crippen LogP contribution in [0.1, 0.15) is 40.2 Å². The molecule has 0 fully saturated rings. The molecule has 28 heavy (non-hydrogen) atoms. The van der Waals surface area contributed by atoms with Gasteiger partial charge >= 0.3 is 6.09 Å². The Labute approximate surface area is 162 Å². The van der Waals surface area contributed by atoms with E-state index in [1.807, 2.05) is 16.7 Å². The number of imidazole rings is 1. The first-order chi connectivity index (χ1) is 13.1. The molecule has 3 rings (SSSR count). The molecular formula is C18H25N7O3. The summed E-state index contributed by atoms with van der Waals surface area (Å²) in [5, 5.41) is 5.44. The highest BCUT2D eigenvalue weighted by atomic mass is 16.6. The molecule has 0 unspecified atom stereocenters. The van der Waals surface area contributed by atoms with E-state index in [0.717, 1.165) is 0 Å². The van der Waals surface area contributed by atoms with Crippen molar-refractivity contribution in [3.8, 4) is 0 Å². The molecule has 0 saturated heterocycles. The number of nitrogens with two attached hydrogens (primary N) is 1. The topological polar surface area (TPSA) is 137 Å². The molecule has 0 bridgehead atoms. The van der Waals surface area contributed by atoms with Crippen molar-refractivity contribution in [2.24, 2.45) is 0 Å². The van der Waals surface area contributed by atoms with Crippen LogP contribution < -0.4 is 16.4 Å². The number of rotatable bonds is 4. The van der Waals surface area contributed by atoms with Crippen LogP contribution in [0, 0.1) is 0 Å². The zero-order chi connectivity index (χ0) is 20.5. The van der Waals surface area contributed by atoms with E-state index >= 15 is 0 Å². The fourth-order valence-electron chi connectivity index (χ4n) is 3.00. The molecular weight excluding hydrogens is 362 g/mol. The summed E-state index contributed by atoms with van der Waals surface area (Å²) in [6, 6.07) is -0.929. The van der Waals surface area contributed by atoms with Crippen LogP contribution >= 0.6 is 0 Å². The van der Waals surface area contributed by atoms with Crippen LogP contribution in [0.4, 0.5) is 10.6 Å². The number of nitrogens with one attached hydrogen (secondary N) is 2. The number of hydrogen-bond donors (Lipinski definition) is 3. The molecule has 1 aliphatic rings. The van der Waals surface area contributed by atoms with Crippen LogP contribution in [0.25, 0.3) is 11.2 Å². The quantitative estimate of drug-likeness (QED) is 0.673. The Morgan fingerprint density at radius 2 is 2.04 bits per heavy atom. The number of alkyl carbamates (subject to hydrolysis) is 1. The maximum Gasteiger partial charge on any atom is 0.408 e. The van der Waals surface area contributed by atoms with E-state index in [2.05, 4.69) is 25.6 Å². The van der Waals surface area contributed by atoms with Crippen LogP contribution in [0.3, 0.4) is 0 Å². The average molecular weight is 387 g/mol. The number of hydrogen-bond acceptors (Lipinski definition) is 7. The molecule has 2 aromatic rings. The molecule has 2 heterocycles. The monoisotopic (exact) mass is 387 g/mol. The van der Waals surface area contributed by atoms with Crippen molar-refractivity contribution in [1.29, 1.82) is 0 Å². The third-order valence-electron chi connectivity index (χ3n) is 4.27. The van der Waals surface area contributed by atoms with Crippen molar-refractivity contribution in [2.45, 2.75) is 57.8 Å². The first-order valence-electron chi connectivity index (χ1n) is 9.05. The summed E-state index contributed by atoms with van der Waals surface area (Å²) in [6.45, 7) is 6.89. The second-order valence-electron chi connectivity index (χ2n) is 7.75. The van der Waals surface area contributed by atoms with Gasteiger partial charge in [0.15, 0.2) is 11.5 Å². The van der Waals surface area contributed by atoms with Crippen LogP contribution in [0.5, 0.6) is 0 Å². The second-order valence-corrected chi connectivity index (χ2v) is 7.75. The smallest absolute Gasteiger partial charge is 0.408 e. The Bertz CT molecular complexity index is 916. The first kappa shape index (κ1) is 19.6. The lowest BCUT2D eigenvalue weighted by Gasteiger charge is -2.22. The average Bonchev–Trinajstić information content (AvgIpc) is 3.20. The summed E-state index contributed by atoms with van der Waals surface area (Å²) < 4.78 is 7.07. The highest BCUT2D eigenvalue weighted by Crippen LogP contribution is 2.28. The lowest BCUT2D eigenvalue weighted by molar-refractivity contribution is -0.123. The van der Waals surface area contributed by atoms with Crippen molar-refractivity contribution in [3.05, 3.63) is 24.8 Å². The molecule has 150 valence electrons. The van der Waals surface area contributed by atoms with Gasteiger partial charge in [-0.15, -0.1) is 0 Å². The predicted molar refractivity (Wildman–Crippen MR) is 103 cm³/mol. The van der Waals surface area contributed by atoms with Crippen molar-refractivity contribution in [1.82, 2.24) is 30.2 Å². The van der Waals surface area contributed by atoms with Crippen molar-refractivity contribution < 1.29 is 14.3 Å². The molecule has 0 aromatic carbocycles. The second kappa shape index (κ2) is 7.45. The summed E-state index contributed by atoms with van der Waals surface area (Å²) in [5.41, 5.74) is 6.53. The van der Waals surface area contributed by atoms with Crippen LogP contribution in [0.15, 0.2) is 24.8 Å². The van der Waals surface area contributed by atoms with Crippen molar-refractivity contribution in [3.63, 3.8) is 0 Å². The standard InChI is InChI=1S/C18H25N7O3/c1-10(23-17(27)28-18(2,3)4)16(26)24-11-5-6-12(7-11)25-9-22-15-13(25)14(19)20-8-21-15/h5-6,8-12H,7H2,1-4H3,(H,23,27)(H,24,26)(H2,19,20,21)/t10-,11+,12-/m0/s1. The number of anilines is 1. The Hall–Kier alpha value is -3.17. The number of carbonyl (C=O) groups excluding carboxylic acids is 2. The lowest BCUT2D eigenvalue weighted by atomic mass is 10.2. The Balaban J connectivity index is 1.58. The Morgan fingerprint density at radius 3 is 2.75 bits per heavy atom. The van der Waals surface area contributed by atoms with Gasteiger partial charge < -0.3 is 25.7 Å². The van der Waals surface area contributed by atoms with Crippen molar-refractivity contribution >= 4 is 29.0 Å². The molecule has 3 atom stereocenters. The van der Waals surface area contributed by atoms with E-state index in [0.29, 0.717) is 23.4 Å². The predicted octanol–water partition coefficient (Wildman–Crippen LogP) is 1.31. The van der Waals surface area contributed by atoms with E-state index in [1.165, 1.54) is 6.33 Å². The minimum atomic E-state index is -0.722. The van der Waals surface area contributed by atoms with E-state index < -0.39 is 17.7 Å². The van der Waals surface area contributed by atoms with E-state index in [-0.39, 0.29) is 18.0 Å². The Kier molecular flexibility index (Phi) is 5.21. The number of nitrogen functional groups attached to an aromatic ring is 1. The number of allylic oxidation sites excluding steroid dienone is 1. The van der Waals surface area contributed by atoms with Gasteiger partial charge in [-0.2, -0.15) is 0 Å². The van der Waals surface area contributed by atoms with Gasteiger partial charge in [0.25, 0.3) is 0 Å². The normalized spacial score (nSPS) is 20.1. The Morgan fingerprint density at radius 1 is 1.29 bits per heavy atom. The van der Waals surface area contributed by atoms with Crippen molar-refractivity contribution in [2.75, 3.05) is 5.73 Å². The fourth-order valence-corrected chi connectivity index (χ4v) is 3.00. The molecule has 0 radical (unpaired) electrons. The fraction of sp³-hybridized carbons (Fsp3) is 0.500. The maximum absolute atomic E-state index is 12.4. The number of amides is 2. The minimum absolute atomic E-state index is 0.0299. The largest absolute Gasteiger partial charge is 0.444 e. The summed E-state index contributed by atoms with van der Waals surface area (Å²) in [7, 11) is 0. The van der Waals surface area contributed by atoms with Gasteiger partial charge in [-0.3, -0.25) is 4.79 Å². The van der Waals surface area contributed by atoms with Crippen LogP contribution in [0.2, 0.25) is 0 Å². The summed E-state index contributed by atoms with van der Waals surface area (Å²) in [6.07, 6.45) is 6.93.